The maximum absolute atomic E-state index is 12.3. The largest absolute Gasteiger partial charge is 0.348 e. The van der Waals surface area contributed by atoms with E-state index in [1.54, 1.807) is 0 Å². The van der Waals surface area contributed by atoms with Crippen molar-refractivity contribution in [1.82, 2.24) is 14.9 Å². The minimum atomic E-state index is -3.64. The third-order valence-corrected chi connectivity index (χ3v) is 6.37. The molecule has 2 aromatic rings. The third kappa shape index (κ3) is 5.63. The van der Waals surface area contributed by atoms with Crippen molar-refractivity contribution in [3.8, 4) is 0 Å². The molecular formula is C19H22BrN3O4S. The molecule has 2 amide bonds. The molecule has 0 saturated carbocycles. The zero-order chi connectivity index (χ0) is 20.9. The number of hydrogen-bond acceptors (Lipinski definition) is 4. The van der Waals surface area contributed by atoms with E-state index in [2.05, 4.69) is 26.6 Å². The molecule has 0 aromatic heterocycles. The topological polar surface area (TPSA) is 95.6 Å². The van der Waals surface area contributed by atoms with Crippen LogP contribution in [0.5, 0.6) is 0 Å². The number of rotatable bonds is 7. The average Bonchev–Trinajstić information content (AvgIpc) is 2.66. The zero-order valence-corrected chi connectivity index (χ0v) is 18.2. The highest BCUT2D eigenvalue weighted by Gasteiger charge is 2.19. The van der Waals surface area contributed by atoms with Gasteiger partial charge in [0.1, 0.15) is 0 Å². The lowest BCUT2D eigenvalue weighted by atomic mass is 10.1. The molecule has 1 unspecified atom stereocenters. The second-order valence-corrected chi connectivity index (χ2v) is 9.41. The number of halogens is 1. The fraction of sp³-hybridized carbons (Fsp3) is 0.263. The van der Waals surface area contributed by atoms with Gasteiger partial charge in [-0.3, -0.25) is 9.59 Å². The second kappa shape index (κ2) is 9.31. The molecule has 1 atom stereocenters. The molecule has 0 fully saturated rings. The first kappa shape index (κ1) is 22.1. The summed E-state index contributed by atoms with van der Waals surface area (Å²) < 4.78 is 26.4. The Hall–Kier alpha value is -2.23. The molecule has 0 saturated heterocycles. The summed E-state index contributed by atoms with van der Waals surface area (Å²) in [4.78, 5) is 24.4. The predicted octanol–water partition coefficient (Wildman–Crippen LogP) is 2.31. The minimum absolute atomic E-state index is 0.0125. The molecule has 0 aliphatic carbocycles. The Morgan fingerprint density at radius 2 is 1.75 bits per heavy atom. The monoisotopic (exact) mass is 467 g/mol. The van der Waals surface area contributed by atoms with Gasteiger partial charge < -0.3 is 10.6 Å². The van der Waals surface area contributed by atoms with Crippen LogP contribution in [0.15, 0.2) is 57.9 Å². The van der Waals surface area contributed by atoms with E-state index in [9.17, 15) is 18.0 Å². The minimum Gasteiger partial charge on any atom is -0.348 e. The highest BCUT2D eigenvalue weighted by molar-refractivity contribution is 9.10. The van der Waals surface area contributed by atoms with Crippen LogP contribution in [0.2, 0.25) is 0 Å². The lowest BCUT2D eigenvalue weighted by Gasteiger charge is -2.15. The number of hydrogen-bond donors (Lipinski definition) is 2. The highest BCUT2D eigenvalue weighted by atomic mass is 79.9. The Balaban J connectivity index is 1.96. The van der Waals surface area contributed by atoms with Crippen molar-refractivity contribution in [3.63, 3.8) is 0 Å². The molecule has 2 aromatic carbocycles. The molecule has 2 rings (SSSR count). The van der Waals surface area contributed by atoms with Crippen molar-refractivity contribution in [2.45, 2.75) is 17.9 Å². The Bertz CT molecular complexity index is 959. The zero-order valence-electron chi connectivity index (χ0n) is 15.8. The number of nitrogens with one attached hydrogen (secondary N) is 2. The smallest absolute Gasteiger partial charge is 0.251 e. The highest BCUT2D eigenvalue weighted by Crippen LogP contribution is 2.17. The SMILES string of the molecule is CC(NC(=O)CNC(=O)c1cccc(S(=O)(=O)N(C)C)c1)c1ccc(Br)cc1. The quantitative estimate of drug-likeness (QED) is 0.652. The van der Waals surface area contributed by atoms with E-state index in [0.29, 0.717) is 0 Å². The number of carbonyl (C=O) groups is 2. The number of nitrogens with zero attached hydrogens (tertiary/aromatic N) is 1. The van der Waals surface area contributed by atoms with Crippen molar-refractivity contribution in [1.29, 1.82) is 0 Å². The van der Waals surface area contributed by atoms with Crippen LogP contribution in [0, 0.1) is 0 Å². The molecule has 0 aliphatic heterocycles. The van der Waals surface area contributed by atoms with E-state index in [-0.39, 0.29) is 29.0 Å². The predicted molar refractivity (Wildman–Crippen MR) is 110 cm³/mol. The summed E-state index contributed by atoms with van der Waals surface area (Å²) in [6.45, 7) is 1.63. The number of benzene rings is 2. The summed E-state index contributed by atoms with van der Waals surface area (Å²) in [5.41, 5.74) is 1.10. The van der Waals surface area contributed by atoms with Crippen molar-refractivity contribution in [2.24, 2.45) is 0 Å². The normalized spacial score (nSPS) is 12.5. The summed E-state index contributed by atoms with van der Waals surface area (Å²) in [6, 6.07) is 13.0. The second-order valence-electron chi connectivity index (χ2n) is 6.34. The Labute approximate surface area is 173 Å². The van der Waals surface area contributed by atoms with Gasteiger partial charge in [-0.25, -0.2) is 12.7 Å². The number of amides is 2. The van der Waals surface area contributed by atoms with Crippen LogP contribution < -0.4 is 10.6 Å². The van der Waals surface area contributed by atoms with Crippen LogP contribution in [0.3, 0.4) is 0 Å². The van der Waals surface area contributed by atoms with Gasteiger partial charge in [0.15, 0.2) is 0 Å². The summed E-state index contributed by atoms with van der Waals surface area (Å²) >= 11 is 3.36. The van der Waals surface area contributed by atoms with E-state index in [4.69, 9.17) is 0 Å². The van der Waals surface area contributed by atoms with Gasteiger partial charge in [0, 0.05) is 24.1 Å². The van der Waals surface area contributed by atoms with Crippen LogP contribution in [0.25, 0.3) is 0 Å². The standard InChI is InChI=1S/C19H22BrN3O4S/c1-13(14-7-9-16(20)10-8-14)22-18(24)12-21-19(25)15-5-4-6-17(11-15)28(26,27)23(2)3/h4-11,13H,12H2,1-3H3,(H,21,25)(H,22,24). The van der Waals surface area contributed by atoms with E-state index < -0.39 is 15.9 Å². The fourth-order valence-corrected chi connectivity index (χ4v) is 3.61. The summed E-state index contributed by atoms with van der Waals surface area (Å²) in [6.07, 6.45) is 0. The van der Waals surface area contributed by atoms with Crippen LogP contribution in [-0.4, -0.2) is 45.2 Å². The van der Waals surface area contributed by atoms with Crippen LogP contribution >= 0.6 is 15.9 Å². The first-order chi connectivity index (χ1) is 13.1. The van der Waals surface area contributed by atoms with Crippen molar-refractivity contribution in [2.75, 3.05) is 20.6 Å². The first-order valence-electron chi connectivity index (χ1n) is 8.47. The molecule has 0 heterocycles. The van der Waals surface area contributed by atoms with Gasteiger partial charge >= 0.3 is 0 Å². The summed E-state index contributed by atoms with van der Waals surface area (Å²) in [5, 5.41) is 5.31. The van der Waals surface area contributed by atoms with E-state index in [1.165, 1.54) is 38.4 Å². The van der Waals surface area contributed by atoms with Gasteiger partial charge in [-0.05, 0) is 42.8 Å². The maximum Gasteiger partial charge on any atom is 0.251 e. The lowest BCUT2D eigenvalue weighted by Crippen LogP contribution is -2.38. The Morgan fingerprint density at radius 3 is 2.36 bits per heavy atom. The molecule has 28 heavy (non-hydrogen) atoms. The Kier molecular flexibility index (Phi) is 7.34. The summed E-state index contributed by atoms with van der Waals surface area (Å²) in [7, 11) is -0.812. The molecule has 0 spiro atoms. The first-order valence-corrected chi connectivity index (χ1v) is 10.7. The molecule has 0 bridgehead atoms. The van der Waals surface area contributed by atoms with Gasteiger partial charge in [0.25, 0.3) is 5.91 Å². The molecule has 0 aliphatic rings. The molecule has 7 nitrogen and oxygen atoms in total. The van der Waals surface area contributed by atoms with Gasteiger partial charge in [-0.1, -0.05) is 34.1 Å². The average molecular weight is 468 g/mol. The van der Waals surface area contributed by atoms with Gasteiger partial charge in [0.05, 0.1) is 17.5 Å². The molecule has 0 radical (unpaired) electrons. The van der Waals surface area contributed by atoms with Gasteiger partial charge in [-0.15, -0.1) is 0 Å². The van der Waals surface area contributed by atoms with E-state index in [0.717, 1.165) is 14.3 Å². The summed E-state index contributed by atoms with van der Waals surface area (Å²) in [5.74, 6) is -0.872. The van der Waals surface area contributed by atoms with Crippen molar-refractivity contribution < 1.29 is 18.0 Å². The molecular weight excluding hydrogens is 446 g/mol. The van der Waals surface area contributed by atoms with Crippen LogP contribution in [0.4, 0.5) is 0 Å². The van der Waals surface area contributed by atoms with E-state index in [1.807, 2.05) is 31.2 Å². The number of sulfonamides is 1. The lowest BCUT2D eigenvalue weighted by molar-refractivity contribution is -0.120. The fourth-order valence-electron chi connectivity index (χ4n) is 2.40. The van der Waals surface area contributed by atoms with E-state index >= 15 is 0 Å². The molecule has 150 valence electrons. The van der Waals surface area contributed by atoms with Crippen LogP contribution in [-0.2, 0) is 14.8 Å². The molecule has 2 N–H and O–H groups in total. The van der Waals surface area contributed by atoms with Gasteiger partial charge in [-0.2, -0.15) is 0 Å². The van der Waals surface area contributed by atoms with Crippen molar-refractivity contribution >= 4 is 37.8 Å². The van der Waals surface area contributed by atoms with Crippen LogP contribution in [0.1, 0.15) is 28.9 Å². The van der Waals surface area contributed by atoms with Crippen molar-refractivity contribution in [3.05, 3.63) is 64.1 Å². The van der Waals surface area contributed by atoms with Gasteiger partial charge in [0.2, 0.25) is 15.9 Å². The molecule has 9 heteroatoms. The maximum atomic E-state index is 12.3. The number of carbonyl (C=O) groups excluding carboxylic acids is 2. The third-order valence-electron chi connectivity index (χ3n) is 4.03. The Morgan fingerprint density at radius 1 is 1.11 bits per heavy atom.